The van der Waals surface area contributed by atoms with Gasteiger partial charge in [-0.1, -0.05) is 53.0 Å². The van der Waals surface area contributed by atoms with Crippen molar-refractivity contribution < 1.29 is 9.90 Å². The van der Waals surface area contributed by atoms with E-state index in [2.05, 4.69) is 49.2 Å². The van der Waals surface area contributed by atoms with Crippen LogP contribution in [-0.2, 0) is 4.79 Å². The summed E-state index contributed by atoms with van der Waals surface area (Å²) in [6.07, 6.45) is 11.8. The van der Waals surface area contributed by atoms with Gasteiger partial charge in [0.15, 0.2) is 0 Å². The monoisotopic (exact) mass is 428 g/mol. The summed E-state index contributed by atoms with van der Waals surface area (Å²) in [6.45, 7) is 10.1. The van der Waals surface area contributed by atoms with Gasteiger partial charge in [0.2, 0.25) is 0 Å². The molecular formula is C27H44N2O2. The van der Waals surface area contributed by atoms with Gasteiger partial charge >= 0.3 is 5.97 Å². The van der Waals surface area contributed by atoms with Gasteiger partial charge in [-0.15, -0.1) is 0 Å². The first kappa shape index (κ1) is 23.9. The van der Waals surface area contributed by atoms with Gasteiger partial charge in [-0.25, -0.2) is 0 Å². The highest BCUT2D eigenvalue weighted by atomic mass is 16.4. The normalized spacial score (nSPS) is 23.5. The van der Waals surface area contributed by atoms with Crippen molar-refractivity contribution in [3.8, 4) is 0 Å². The van der Waals surface area contributed by atoms with E-state index in [1.807, 2.05) is 6.92 Å². The lowest BCUT2D eigenvalue weighted by Gasteiger charge is -2.39. The van der Waals surface area contributed by atoms with E-state index < -0.39 is 5.97 Å². The van der Waals surface area contributed by atoms with Crippen molar-refractivity contribution in [2.45, 2.75) is 110 Å². The molecule has 1 unspecified atom stereocenters. The number of carbonyl (C=O) groups is 1. The van der Waals surface area contributed by atoms with E-state index in [4.69, 9.17) is 0 Å². The lowest BCUT2D eigenvalue weighted by Crippen LogP contribution is -2.40. The Bertz CT molecular complexity index is 703. The van der Waals surface area contributed by atoms with Crippen LogP contribution in [0, 0.1) is 11.8 Å². The molecule has 174 valence electrons. The van der Waals surface area contributed by atoms with E-state index in [0.717, 1.165) is 18.0 Å². The molecule has 0 heterocycles. The van der Waals surface area contributed by atoms with Crippen LogP contribution in [0.15, 0.2) is 18.2 Å². The van der Waals surface area contributed by atoms with Crippen LogP contribution in [-0.4, -0.2) is 29.7 Å². The molecule has 4 nitrogen and oxygen atoms in total. The van der Waals surface area contributed by atoms with E-state index >= 15 is 0 Å². The fourth-order valence-corrected chi connectivity index (χ4v) is 5.46. The van der Waals surface area contributed by atoms with Gasteiger partial charge in [-0.2, -0.15) is 0 Å². The minimum Gasteiger partial charge on any atom is -0.481 e. The van der Waals surface area contributed by atoms with Crippen molar-refractivity contribution in [2.75, 3.05) is 16.8 Å². The number of rotatable bonds is 9. The molecule has 0 spiro atoms. The van der Waals surface area contributed by atoms with Gasteiger partial charge in [0.1, 0.15) is 0 Å². The molecule has 4 heteroatoms. The second kappa shape index (κ2) is 11.2. The highest BCUT2D eigenvalue weighted by Gasteiger charge is 2.26. The number of nitrogens with zero attached hydrogens (tertiary/aromatic N) is 1. The Kier molecular flexibility index (Phi) is 8.68. The maximum atomic E-state index is 11.3. The van der Waals surface area contributed by atoms with Gasteiger partial charge in [0, 0.05) is 18.6 Å². The van der Waals surface area contributed by atoms with Crippen molar-refractivity contribution in [1.82, 2.24) is 0 Å². The second-order valence-electron chi connectivity index (χ2n) is 10.7. The van der Waals surface area contributed by atoms with Crippen LogP contribution >= 0.6 is 0 Å². The van der Waals surface area contributed by atoms with E-state index in [9.17, 15) is 9.90 Å². The van der Waals surface area contributed by atoms with Crippen molar-refractivity contribution in [3.05, 3.63) is 23.8 Å². The Morgan fingerprint density at radius 3 is 2.35 bits per heavy atom. The Balaban J connectivity index is 1.92. The number of hydrogen-bond acceptors (Lipinski definition) is 3. The van der Waals surface area contributed by atoms with Crippen molar-refractivity contribution in [3.63, 3.8) is 0 Å². The quantitative estimate of drug-likeness (QED) is 0.442. The molecule has 1 aromatic rings. The molecule has 1 aromatic carbocycles. The van der Waals surface area contributed by atoms with Crippen LogP contribution in [0.3, 0.4) is 0 Å². The van der Waals surface area contributed by atoms with Crippen LogP contribution in [0.25, 0.3) is 0 Å². The van der Waals surface area contributed by atoms with Crippen molar-refractivity contribution in [2.24, 2.45) is 11.8 Å². The standard InChI is InChI=1S/C27H44N2O2/c1-19(2)18-29(24-8-6-5-7-9-24)26-15-12-22(21(4)16-27(30)31)17-25(26)28-23-13-10-20(3)11-14-23/h12,15,17,19-21,23-24,28H,5-11,13-14,16,18H2,1-4H3,(H,30,31). The highest BCUT2D eigenvalue weighted by Crippen LogP contribution is 2.37. The lowest BCUT2D eigenvalue weighted by molar-refractivity contribution is -0.137. The van der Waals surface area contributed by atoms with E-state index in [1.54, 1.807) is 0 Å². The van der Waals surface area contributed by atoms with Crippen LogP contribution in [0.2, 0.25) is 0 Å². The first-order chi connectivity index (χ1) is 14.8. The molecule has 0 aliphatic heterocycles. The summed E-state index contributed by atoms with van der Waals surface area (Å²) in [5, 5.41) is 13.2. The van der Waals surface area contributed by atoms with Gasteiger partial charge in [-0.05, 0) is 74.0 Å². The Hall–Kier alpha value is -1.71. The topological polar surface area (TPSA) is 52.6 Å². The number of benzene rings is 1. The molecule has 0 bridgehead atoms. The molecule has 0 radical (unpaired) electrons. The van der Waals surface area contributed by atoms with Crippen LogP contribution < -0.4 is 10.2 Å². The zero-order valence-corrected chi connectivity index (χ0v) is 20.2. The summed E-state index contributed by atoms with van der Waals surface area (Å²) in [4.78, 5) is 14.0. The third-order valence-electron chi connectivity index (χ3n) is 7.33. The average Bonchev–Trinajstić information content (AvgIpc) is 2.74. The molecule has 2 saturated carbocycles. The maximum absolute atomic E-state index is 11.3. The Morgan fingerprint density at radius 2 is 1.74 bits per heavy atom. The van der Waals surface area contributed by atoms with Gasteiger partial charge in [-0.3, -0.25) is 4.79 Å². The third kappa shape index (κ3) is 6.89. The summed E-state index contributed by atoms with van der Waals surface area (Å²) in [7, 11) is 0. The molecule has 2 aliphatic rings. The summed E-state index contributed by atoms with van der Waals surface area (Å²) in [5.41, 5.74) is 3.68. The number of carboxylic acid groups (broad SMARTS) is 1. The largest absolute Gasteiger partial charge is 0.481 e. The van der Waals surface area contributed by atoms with Gasteiger partial charge in [0.25, 0.3) is 0 Å². The van der Waals surface area contributed by atoms with Crippen molar-refractivity contribution >= 4 is 17.3 Å². The fraction of sp³-hybridized carbons (Fsp3) is 0.741. The highest BCUT2D eigenvalue weighted by molar-refractivity contribution is 5.73. The molecular weight excluding hydrogens is 384 g/mol. The minimum atomic E-state index is -0.726. The van der Waals surface area contributed by atoms with E-state index in [-0.39, 0.29) is 12.3 Å². The molecule has 2 fully saturated rings. The molecule has 3 rings (SSSR count). The SMILES string of the molecule is CC(C)CN(c1ccc(C(C)CC(=O)O)cc1NC1CCC(C)CC1)C1CCCCC1. The lowest BCUT2D eigenvalue weighted by atomic mass is 9.87. The Morgan fingerprint density at radius 1 is 1.06 bits per heavy atom. The number of hydrogen-bond donors (Lipinski definition) is 2. The summed E-state index contributed by atoms with van der Waals surface area (Å²) >= 11 is 0. The molecule has 2 N–H and O–H groups in total. The molecule has 0 amide bonds. The van der Waals surface area contributed by atoms with E-state index in [1.165, 1.54) is 69.2 Å². The van der Waals surface area contributed by atoms with E-state index in [0.29, 0.717) is 18.0 Å². The first-order valence-electron chi connectivity index (χ1n) is 12.7. The molecule has 1 atom stereocenters. The summed E-state index contributed by atoms with van der Waals surface area (Å²) in [6, 6.07) is 7.85. The fourth-order valence-electron chi connectivity index (χ4n) is 5.46. The molecule has 0 aromatic heterocycles. The number of carboxylic acids is 1. The predicted molar refractivity (Wildman–Crippen MR) is 131 cm³/mol. The maximum Gasteiger partial charge on any atom is 0.303 e. The minimum absolute atomic E-state index is 0.0201. The smallest absolute Gasteiger partial charge is 0.303 e. The second-order valence-corrected chi connectivity index (χ2v) is 10.7. The predicted octanol–water partition coefficient (Wildman–Crippen LogP) is 7.05. The molecule has 2 aliphatic carbocycles. The third-order valence-corrected chi connectivity index (χ3v) is 7.33. The van der Waals surface area contributed by atoms with Crippen LogP contribution in [0.4, 0.5) is 11.4 Å². The number of anilines is 2. The number of aliphatic carboxylic acids is 1. The van der Waals surface area contributed by atoms with Gasteiger partial charge < -0.3 is 15.3 Å². The zero-order chi connectivity index (χ0) is 22.4. The van der Waals surface area contributed by atoms with Crippen LogP contribution in [0.1, 0.15) is 103 Å². The van der Waals surface area contributed by atoms with Crippen molar-refractivity contribution in [1.29, 1.82) is 0 Å². The summed E-state index contributed by atoms with van der Waals surface area (Å²) < 4.78 is 0. The molecule has 0 saturated heterocycles. The Labute approximate surface area is 189 Å². The molecule has 31 heavy (non-hydrogen) atoms. The van der Waals surface area contributed by atoms with Crippen LogP contribution in [0.5, 0.6) is 0 Å². The zero-order valence-electron chi connectivity index (χ0n) is 20.2. The first-order valence-corrected chi connectivity index (χ1v) is 12.7. The summed E-state index contributed by atoms with van der Waals surface area (Å²) in [5.74, 6) is 0.734. The average molecular weight is 429 g/mol. The van der Waals surface area contributed by atoms with Gasteiger partial charge in [0.05, 0.1) is 17.8 Å². The number of nitrogens with one attached hydrogen (secondary N) is 1.